The van der Waals surface area contributed by atoms with Crippen molar-refractivity contribution in [1.29, 1.82) is 0 Å². The second kappa shape index (κ2) is 3.80. The lowest BCUT2D eigenvalue weighted by Crippen LogP contribution is -2.12. The molecule has 0 amide bonds. The van der Waals surface area contributed by atoms with Gasteiger partial charge in [0.1, 0.15) is 0 Å². The Morgan fingerprint density at radius 1 is 1.36 bits per heavy atom. The Balaban J connectivity index is 2.56. The van der Waals surface area contributed by atoms with E-state index in [-0.39, 0.29) is 0 Å². The van der Waals surface area contributed by atoms with Crippen molar-refractivity contribution in [3.8, 4) is 0 Å². The third-order valence-electron chi connectivity index (χ3n) is 2.73. The summed E-state index contributed by atoms with van der Waals surface area (Å²) in [5, 5.41) is 9.53. The molecular formula is C10H18O. The second-order valence-corrected chi connectivity index (χ2v) is 3.44. The molecule has 0 aromatic rings. The molecule has 1 heteroatoms. The lowest BCUT2D eigenvalue weighted by Gasteiger charge is -2.23. The maximum Gasteiger partial charge on any atom is 0.0916 e. The topological polar surface area (TPSA) is 20.2 Å². The van der Waals surface area contributed by atoms with Crippen LogP contribution < -0.4 is 0 Å². The first kappa shape index (κ1) is 8.63. The molecule has 0 fully saturated rings. The van der Waals surface area contributed by atoms with Crippen LogP contribution in [0.2, 0.25) is 0 Å². The van der Waals surface area contributed by atoms with Crippen molar-refractivity contribution < 1.29 is 5.11 Å². The lowest BCUT2D eigenvalue weighted by atomic mass is 9.84. The quantitative estimate of drug-likeness (QED) is 0.647. The van der Waals surface area contributed by atoms with Gasteiger partial charge in [-0.25, -0.2) is 0 Å². The zero-order valence-electron chi connectivity index (χ0n) is 7.51. The molecule has 0 aromatic carbocycles. The molecule has 2 unspecified atom stereocenters. The zero-order valence-corrected chi connectivity index (χ0v) is 7.51. The predicted molar refractivity (Wildman–Crippen MR) is 47.5 cm³/mol. The average molecular weight is 154 g/mol. The predicted octanol–water partition coefficient (Wildman–Crippen LogP) is 3.27. The highest BCUT2D eigenvalue weighted by molar-refractivity contribution is 5.03. The molecule has 0 aromatic heterocycles. The van der Waals surface area contributed by atoms with Crippen LogP contribution in [0, 0.1) is 11.8 Å². The monoisotopic (exact) mass is 154 g/mol. The number of hydrogen-bond donors (Lipinski definition) is 1. The van der Waals surface area contributed by atoms with Gasteiger partial charge in [-0.05, 0) is 37.7 Å². The van der Waals surface area contributed by atoms with Crippen LogP contribution in [0.15, 0.2) is 11.8 Å². The van der Waals surface area contributed by atoms with Crippen LogP contribution in [0.4, 0.5) is 0 Å². The summed E-state index contributed by atoms with van der Waals surface area (Å²) >= 11 is 0. The average Bonchev–Trinajstić information content (AvgIpc) is 2.04. The standard InChI is InChI=1S/C10H18O/c1-3-8-5-6-9(4-2)10(11)7-8/h7-9,11H,3-6H2,1-2H3. The fourth-order valence-electron chi connectivity index (χ4n) is 1.76. The molecule has 1 nitrogen and oxygen atoms in total. The van der Waals surface area contributed by atoms with Crippen LogP contribution in [0.3, 0.4) is 0 Å². The normalized spacial score (nSPS) is 31.6. The third kappa shape index (κ3) is 1.98. The highest BCUT2D eigenvalue weighted by Gasteiger charge is 2.19. The summed E-state index contributed by atoms with van der Waals surface area (Å²) in [6, 6.07) is 0. The van der Waals surface area contributed by atoms with Crippen LogP contribution in [-0.4, -0.2) is 5.11 Å². The first-order valence-electron chi connectivity index (χ1n) is 4.68. The van der Waals surface area contributed by atoms with Gasteiger partial charge in [0, 0.05) is 5.92 Å². The Labute approximate surface area is 69.1 Å². The van der Waals surface area contributed by atoms with E-state index in [2.05, 4.69) is 19.9 Å². The SMILES string of the molecule is CCC1C=C(O)C(CC)CC1. The van der Waals surface area contributed by atoms with Gasteiger partial charge >= 0.3 is 0 Å². The molecule has 0 spiro atoms. The van der Waals surface area contributed by atoms with E-state index in [9.17, 15) is 5.11 Å². The van der Waals surface area contributed by atoms with E-state index < -0.39 is 0 Å². The summed E-state index contributed by atoms with van der Waals surface area (Å²) in [6.45, 7) is 4.32. The van der Waals surface area contributed by atoms with Crippen LogP contribution >= 0.6 is 0 Å². The lowest BCUT2D eigenvalue weighted by molar-refractivity contribution is 0.272. The van der Waals surface area contributed by atoms with Gasteiger partial charge in [0.25, 0.3) is 0 Å². The number of aliphatic hydroxyl groups is 1. The Kier molecular flexibility index (Phi) is 2.98. The zero-order chi connectivity index (χ0) is 8.27. The molecule has 1 aliphatic carbocycles. The molecule has 1 N–H and O–H groups in total. The summed E-state index contributed by atoms with van der Waals surface area (Å²) in [5.41, 5.74) is 0. The minimum absolute atomic E-state index is 0.456. The van der Waals surface area contributed by atoms with Gasteiger partial charge < -0.3 is 5.11 Å². The third-order valence-corrected chi connectivity index (χ3v) is 2.73. The maximum absolute atomic E-state index is 9.53. The van der Waals surface area contributed by atoms with Crippen molar-refractivity contribution in [3.63, 3.8) is 0 Å². The molecule has 0 saturated heterocycles. The fourth-order valence-corrected chi connectivity index (χ4v) is 1.76. The van der Waals surface area contributed by atoms with Gasteiger partial charge in [-0.1, -0.05) is 13.8 Å². The van der Waals surface area contributed by atoms with Gasteiger partial charge in [-0.15, -0.1) is 0 Å². The Morgan fingerprint density at radius 3 is 2.55 bits per heavy atom. The van der Waals surface area contributed by atoms with Gasteiger partial charge in [0.15, 0.2) is 0 Å². The van der Waals surface area contributed by atoms with Crippen LogP contribution in [0.25, 0.3) is 0 Å². The molecule has 0 aliphatic heterocycles. The summed E-state index contributed by atoms with van der Waals surface area (Å²) in [7, 11) is 0. The van der Waals surface area contributed by atoms with Gasteiger partial charge in [0.05, 0.1) is 5.76 Å². The maximum atomic E-state index is 9.53. The minimum Gasteiger partial charge on any atom is -0.512 e. The first-order chi connectivity index (χ1) is 5.27. The van der Waals surface area contributed by atoms with Gasteiger partial charge in [0.2, 0.25) is 0 Å². The molecule has 0 bridgehead atoms. The second-order valence-electron chi connectivity index (χ2n) is 3.44. The van der Waals surface area contributed by atoms with Crippen molar-refractivity contribution in [2.24, 2.45) is 11.8 Å². The van der Waals surface area contributed by atoms with E-state index in [4.69, 9.17) is 0 Å². The van der Waals surface area contributed by atoms with Crippen LogP contribution in [-0.2, 0) is 0 Å². The highest BCUT2D eigenvalue weighted by atomic mass is 16.3. The first-order valence-corrected chi connectivity index (χ1v) is 4.68. The van der Waals surface area contributed by atoms with Gasteiger partial charge in [-0.2, -0.15) is 0 Å². The number of rotatable bonds is 2. The smallest absolute Gasteiger partial charge is 0.0916 e. The molecule has 1 rings (SSSR count). The number of hydrogen-bond acceptors (Lipinski definition) is 1. The van der Waals surface area contributed by atoms with E-state index in [1.54, 1.807) is 0 Å². The molecule has 2 atom stereocenters. The van der Waals surface area contributed by atoms with E-state index in [1.807, 2.05) is 0 Å². The summed E-state index contributed by atoms with van der Waals surface area (Å²) in [6.07, 6.45) is 6.74. The molecule has 11 heavy (non-hydrogen) atoms. The van der Waals surface area contributed by atoms with Crippen LogP contribution in [0.1, 0.15) is 39.5 Å². The molecular weight excluding hydrogens is 136 g/mol. The van der Waals surface area contributed by atoms with E-state index in [0.717, 1.165) is 6.42 Å². The Morgan fingerprint density at radius 2 is 2.09 bits per heavy atom. The largest absolute Gasteiger partial charge is 0.512 e. The van der Waals surface area contributed by atoms with Crippen LogP contribution in [0.5, 0.6) is 0 Å². The minimum atomic E-state index is 0.456. The Hall–Kier alpha value is -0.460. The van der Waals surface area contributed by atoms with Crippen molar-refractivity contribution in [1.82, 2.24) is 0 Å². The van der Waals surface area contributed by atoms with E-state index >= 15 is 0 Å². The number of allylic oxidation sites excluding steroid dienone is 2. The molecule has 0 radical (unpaired) electrons. The fraction of sp³-hybridized carbons (Fsp3) is 0.800. The summed E-state index contributed by atoms with van der Waals surface area (Å²) in [5.74, 6) is 1.74. The molecule has 0 heterocycles. The molecule has 64 valence electrons. The van der Waals surface area contributed by atoms with Crippen molar-refractivity contribution in [2.75, 3.05) is 0 Å². The van der Waals surface area contributed by atoms with Gasteiger partial charge in [-0.3, -0.25) is 0 Å². The van der Waals surface area contributed by atoms with Crippen molar-refractivity contribution in [3.05, 3.63) is 11.8 Å². The van der Waals surface area contributed by atoms with E-state index in [1.165, 1.54) is 19.3 Å². The number of aliphatic hydroxyl groups excluding tert-OH is 1. The molecule has 1 aliphatic rings. The summed E-state index contributed by atoms with van der Waals surface area (Å²) < 4.78 is 0. The Bertz CT molecular complexity index is 149. The van der Waals surface area contributed by atoms with Crippen molar-refractivity contribution in [2.45, 2.75) is 39.5 Å². The highest BCUT2D eigenvalue weighted by Crippen LogP contribution is 2.30. The van der Waals surface area contributed by atoms with Crippen molar-refractivity contribution >= 4 is 0 Å². The summed E-state index contributed by atoms with van der Waals surface area (Å²) in [4.78, 5) is 0. The van der Waals surface area contributed by atoms with E-state index in [0.29, 0.717) is 17.6 Å². The molecule has 0 saturated carbocycles.